The number of aromatic nitrogens is 1. The van der Waals surface area contributed by atoms with Crippen LogP contribution < -0.4 is 0 Å². The number of benzene rings is 1. The van der Waals surface area contributed by atoms with Crippen LogP contribution in [0, 0.1) is 6.92 Å². The van der Waals surface area contributed by atoms with Gasteiger partial charge in [0.05, 0.1) is 4.90 Å². The van der Waals surface area contributed by atoms with Gasteiger partial charge in [0.25, 0.3) is 0 Å². The summed E-state index contributed by atoms with van der Waals surface area (Å²) < 4.78 is 32.1. The van der Waals surface area contributed by atoms with Crippen molar-refractivity contribution in [1.29, 1.82) is 0 Å². The van der Waals surface area contributed by atoms with E-state index in [4.69, 9.17) is 4.42 Å². The molecule has 1 aromatic carbocycles. The molecule has 1 aliphatic heterocycles. The molecule has 1 aromatic heterocycles. The van der Waals surface area contributed by atoms with Gasteiger partial charge in [0.1, 0.15) is 5.52 Å². The number of hydrogen-bond acceptors (Lipinski definition) is 5. The van der Waals surface area contributed by atoms with E-state index < -0.39 is 10.0 Å². The van der Waals surface area contributed by atoms with E-state index in [1.807, 2.05) is 7.05 Å². The van der Waals surface area contributed by atoms with Crippen molar-refractivity contribution in [2.24, 2.45) is 0 Å². The zero-order valence-electron chi connectivity index (χ0n) is 11.5. The van der Waals surface area contributed by atoms with E-state index in [1.54, 1.807) is 25.1 Å². The van der Waals surface area contributed by atoms with E-state index in [0.717, 1.165) is 13.1 Å². The Labute approximate surface area is 118 Å². The molecule has 1 aliphatic rings. The molecule has 0 bridgehead atoms. The molecule has 2 aromatic rings. The Morgan fingerprint density at radius 1 is 1.20 bits per heavy atom. The molecule has 0 radical (unpaired) electrons. The summed E-state index contributed by atoms with van der Waals surface area (Å²) in [6.45, 7) is 4.29. The highest BCUT2D eigenvalue weighted by Crippen LogP contribution is 2.23. The largest absolute Gasteiger partial charge is 0.441 e. The third-order valence-electron chi connectivity index (χ3n) is 3.57. The average Bonchev–Trinajstić information content (AvgIpc) is 2.78. The number of hydrogen-bond donors (Lipinski definition) is 0. The number of oxazole rings is 1. The highest BCUT2D eigenvalue weighted by Gasteiger charge is 2.27. The van der Waals surface area contributed by atoms with E-state index in [9.17, 15) is 8.42 Å². The Kier molecular flexibility index (Phi) is 3.27. The van der Waals surface area contributed by atoms with E-state index >= 15 is 0 Å². The van der Waals surface area contributed by atoms with Crippen molar-refractivity contribution in [1.82, 2.24) is 14.2 Å². The fourth-order valence-corrected chi connectivity index (χ4v) is 3.80. The molecule has 1 fully saturated rings. The number of likely N-dealkylation sites (N-methyl/N-ethyl adjacent to an activating group) is 1. The molecule has 0 unspecified atom stereocenters. The molecule has 0 spiro atoms. The van der Waals surface area contributed by atoms with Crippen molar-refractivity contribution < 1.29 is 12.8 Å². The van der Waals surface area contributed by atoms with Gasteiger partial charge in [-0.2, -0.15) is 4.31 Å². The fourth-order valence-electron chi connectivity index (χ4n) is 2.36. The molecule has 108 valence electrons. The monoisotopic (exact) mass is 295 g/mol. The van der Waals surface area contributed by atoms with Crippen LogP contribution in [0.25, 0.3) is 11.1 Å². The molecule has 0 N–H and O–H groups in total. The molecule has 20 heavy (non-hydrogen) atoms. The summed E-state index contributed by atoms with van der Waals surface area (Å²) in [6, 6.07) is 4.84. The Hall–Kier alpha value is -1.44. The second-order valence-electron chi connectivity index (χ2n) is 5.07. The van der Waals surface area contributed by atoms with Gasteiger partial charge in [0.15, 0.2) is 11.5 Å². The van der Waals surface area contributed by atoms with Crippen LogP contribution in [0.2, 0.25) is 0 Å². The van der Waals surface area contributed by atoms with Crippen molar-refractivity contribution >= 4 is 21.1 Å². The molecule has 2 heterocycles. The maximum atomic E-state index is 12.6. The molecular weight excluding hydrogens is 278 g/mol. The first-order valence-electron chi connectivity index (χ1n) is 6.53. The summed E-state index contributed by atoms with van der Waals surface area (Å²) in [7, 11) is -1.46. The van der Waals surface area contributed by atoms with Gasteiger partial charge in [0, 0.05) is 39.2 Å². The summed E-state index contributed by atoms with van der Waals surface area (Å²) in [4.78, 5) is 6.57. The van der Waals surface area contributed by atoms with Crippen LogP contribution >= 0.6 is 0 Å². The summed E-state index contributed by atoms with van der Waals surface area (Å²) in [5.41, 5.74) is 1.19. The lowest BCUT2D eigenvalue weighted by molar-refractivity contribution is 0.222. The second-order valence-corrected chi connectivity index (χ2v) is 7.01. The normalized spacial score (nSPS) is 18.7. The van der Waals surface area contributed by atoms with Gasteiger partial charge in [-0.25, -0.2) is 13.4 Å². The van der Waals surface area contributed by atoms with Crippen molar-refractivity contribution in [3.63, 3.8) is 0 Å². The van der Waals surface area contributed by atoms with E-state index in [-0.39, 0.29) is 4.90 Å². The van der Waals surface area contributed by atoms with Gasteiger partial charge in [-0.15, -0.1) is 0 Å². The van der Waals surface area contributed by atoms with Crippen molar-refractivity contribution in [2.75, 3.05) is 33.2 Å². The van der Waals surface area contributed by atoms with Crippen LogP contribution in [0.1, 0.15) is 5.89 Å². The minimum Gasteiger partial charge on any atom is -0.441 e. The highest BCUT2D eigenvalue weighted by atomic mass is 32.2. The van der Waals surface area contributed by atoms with Gasteiger partial charge in [0.2, 0.25) is 10.0 Å². The molecular formula is C13H17N3O3S. The third kappa shape index (κ3) is 2.32. The first-order chi connectivity index (χ1) is 9.46. The van der Waals surface area contributed by atoms with Crippen LogP contribution in [-0.2, 0) is 10.0 Å². The first-order valence-corrected chi connectivity index (χ1v) is 7.97. The Balaban J connectivity index is 1.96. The summed E-state index contributed by atoms with van der Waals surface area (Å²) in [5, 5.41) is 0. The first kappa shape index (κ1) is 13.5. The highest BCUT2D eigenvalue weighted by molar-refractivity contribution is 7.89. The summed E-state index contributed by atoms with van der Waals surface area (Å²) in [5.74, 6) is 0.536. The number of sulfonamides is 1. The predicted molar refractivity (Wildman–Crippen MR) is 75.0 cm³/mol. The van der Waals surface area contributed by atoms with Gasteiger partial charge >= 0.3 is 0 Å². The van der Waals surface area contributed by atoms with E-state index in [0.29, 0.717) is 30.1 Å². The standard InChI is InChI=1S/C13H17N3O3S/c1-10-14-12-4-3-11(9-13(12)19-10)20(17,18)16-7-5-15(2)6-8-16/h3-4,9H,5-8H2,1-2H3. The average molecular weight is 295 g/mol. The van der Waals surface area contributed by atoms with Gasteiger partial charge in [-0.3, -0.25) is 0 Å². The maximum Gasteiger partial charge on any atom is 0.243 e. The zero-order chi connectivity index (χ0) is 14.3. The smallest absolute Gasteiger partial charge is 0.243 e. The Morgan fingerprint density at radius 3 is 2.60 bits per heavy atom. The van der Waals surface area contributed by atoms with E-state index in [1.165, 1.54) is 4.31 Å². The van der Waals surface area contributed by atoms with E-state index in [2.05, 4.69) is 9.88 Å². The van der Waals surface area contributed by atoms with Crippen LogP contribution in [-0.4, -0.2) is 55.8 Å². The minimum atomic E-state index is -3.45. The molecule has 3 rings (SSSR count). The lowest BCUT2D eigenvalue weighted by atomic mass is 10.3. The zero-order valence-corrected chi connectivity index (χ0v) is 12.4. The number of rotatable bonds is 2. The van der Waals surface area contributed by atoms with Crippen LogP contribution in [0.15, 0.2) is 27.5 Å². The lowest BCUT2D eigenvalue weighted by Crippen LogP contribution is -2.46. The van der Waals surface area contributed by atoms with Gasteiger partial charge in [-0.05, 0) is 19.2 Å². The van der Waals surface area contributed by atoms with Gasteiger partial charge < -0.3 is 9.32 Å². The van der Waals surface area contributed by atoms with Crippen LogP contribution in [0.5, 0.6) is 0 Å². The topological polar surface area (TPSA) is 66.7 Å². The summed E-state index contributed by atoms with van der Waals surface area (Å²) in [6.07, 6.45) is 0. The number of piperazine rings is 1. The predicted octanol–water partition coefficient (Wildman–Crippen LogP) is 1.07. The second kappa shape index (κ2) is 4.83. The molecule has 7 heteroatoms. The fraction of sp³-hybridized carbons (Fsp3) is 0.462. The number of aryl methyl sites for hydroxylation is 1. The quantitative estimate of drug-likeness (QED) is 0.829. The molecule has 1 saturated heterocycles. The summed E-state index contributed by atoms with van der Waals surface area (Å²) >= 11 is 0. The Bertz CT molecular complexity index is 730. The van der Waals surface area contributed by atoms with Gasteiger partial charge in [-0.1, -0.05) is 0 Å². The maximum absolute atomic E-state index is 12.6. The molecule has 6 nitrogen and oxygen atoms in total. The number of nitrogens with zero attached hydrogens (tertiary/aromatic N) is 3. The molecule has 0 aliphatic carbocycles. The Morgan fingerprint density at radius 2 is 1.90 bits per heavy atom. The molecule has 0 atom stereocenters. The lowest BCUT2D eigenvalue weighted by Gasteiger charge is -2.31. The molecule has 0 amide bonds. The van der Waals surface area contributed by atoms with Crippen LogP contribution in [0.3, 0.4) is 0 Å². The van der Waals surface area contributed by atoms with Crippen LogP contribution in [0.4, 0.5) is 0 Å². The minimum absolute atomic E-state index is 0.269. The molecule has 0 saturated carbocycles. The SMILES string of the molecule is Cc1nc2ccc(S(=O)(=O)N3CCN(C)CC3)cc2o1. The van der Waals surface area contributed by atoms with Crippen molar-refractivity contribution in [3.8, 4) is 0 Å². The number of fused-ring (bicyclic) bond motifs is 1. The third-order valence-corrected chi connectivity index (χ3v) is 5.46. The van der Waals surface area contributed by atoms with Crippen molar-refractivity contribution in [2.45, 2.75) is 11.8 Å². The van der Waals surface area contributed by atoms with Crippen molar-refractivity contribution in [3.05, 3.63) is 24.1 Å².